The second-order valence-electron chi connectivity index (χ2n) is 6.59. The van der Waals surface area contributed by atoms with E-state index < -0.39 is 19.9 Å². The highest BCUT2D eigenvalue weighted by Crippen LogP contribution is 2.29. The van der Waals surface area contributed by atoms with Gasteiger partial charge in [0.15, 0.2) is 9.84 Å². The van der Waals surface area contributed by atoms with Crippen LogP contribution in [0, 0.1) is 19.8 Å². The first-order valence-corrected chi connectivity index (χ1v) is 11.4. The van der Waals surface area contributed by atoms with Crippen LogP contribution < -0.4 is 5.32 Å². The highest BCUT2D eigenvalue weighted by molar-refractivity contribution is 7.91. The number of sulfonamides is 1. The summed E-state index contributed by atoms with van der Waals surface area (Å²) in [6.07, 6.45) is 2.92. The van der Waals surface area contributed by atoms with Crippen LogP contribution in [0.5, 0.6) is 0 Å². The van der Waals surface area contributed by atoms with Crippen LogP contribution in [-0.4, -0.2) is 54.1 Å². The Bertz CT molecular complexity index is 815. The number of hydrogen-bond acceptors (Lipinski definition) is 5. The maximum Gasteiger partial charge on any atom is 0.243 e. The van der Waals surface area contributed by atoms with Crippen LogP contribution in [0.15, 0.2) is 21.9 Å². The minimum atomic E-state index is -3.71. The van der Waals surface area contributed by atoms with E-state index in [0.717, 1.165) is 25.6 Å². The molecule has 1 saturated heterocycles. The third kappa shape index (κ3) is 3.99. The molecule has 8 heteroatoms. The summed E-state index contributed by atoms with van der Waals surface area (Å²) < 4.78 is 51.7. The van der Waals surface area contributed by atoms with E-state index in [2.05, 4.69) is 5.32 Å². The minimum absolute atomic E-state index is 0.0878. The van der Waals surface area contributed by atoms with Gasteiger partial charge in [-0.2, -0.15) is 4.31 Å². The highest BCUT2D eigenvalue weighted by atomic mass is 32.2. The summed E-state index contributed by atoms with van der Waals surface area (Å²) in [7, 11) is -5.33. The molecule has 0 bridgehead atoms. The SMILES string of the molecule is CNC[C@H]1CCCN(S(=O)(=O)c2cc(C)cc(S(C)(=O)=O)c2C)C1. The molecule has 1 aliphatic heterocycles. The molecule has 0 aromatic heterocycles. The molecule has 136 valence electrons. The lowest BCUT2D eigenvalue weighted by molar-refractivity contribution is 0.263. The minimum Gasteiger partial charge on any atom is -0.319 e. The van der Waals surface area contributed by atoms with Crippen molar-refractivity contribution < 1.29 is 16.8 Å². The molecule has 0 amide bonds. The van der Waals surface area contributed by atoms with Crippen molar-refractivity contribution >= 4 is 19.9 Å². The van der Waals surface area contributed by atoms with E-state index in [0.29, 0.717) is 24.2 Å². The summed E-state index contributed by atoms with van der Waals surface area (Å²) in [5, 5.41) is 3.10. The van der Waals surface area contributed by atoms with E-state index in [9.17, 15) is 16.8 Å². The lowest BCUT2D eigenvalue weighted by Gasteiger charge is -2.32. The van der Waals surface area contributed by atoms with Gasteiger partial charge in [-0.1, -0.05) is 0 Å². The van der Waals surface area contributed by atoms with E-state index in [1.54, 1.807) is 19.9 Å². The summed E-state index contributed by atoms with van der Waals surface area (Å²) in [6.45, 7) is 4.99. The normalized spacial score (nSPS) is 20.2. The van der Waals surface area contributed by atoms with Crippen LogP contribution in [0.4, 0.5) is 0 Å². The third-order valence-corrected chi connectivity index (χ3v) is 7.66. The number of nitrogens with zero attached hydrogens (tertiary/aromatic N) is 1. The van der Waals surface area contributed by atoms with Crippen LogP contribution in [-0.2, 0) is 19.9 Å². The van der Waals surface area contributed by atoms with E-state index in [1.165, 1.54) is 10.4 Å². The average Bonchev–Trinajstić information content (AvgIpc) is 2.48. The van der Waals surface area contributed by atoms with Crippen LogP contribution in [0.1, 0.15) is 24.0 Å². The molecule has 1 atom stereocenters. The Labute approximate surface area is 145 Å². The van der Waals surface area contributed by atoms with Crippen molar-refractivity contribution in [3.05, 3.63) is 23.3 Å². The van der Waals surface area contributed by atoms with Crippen LogP contribution in [0.3, 0.4) is 0 Å². The molecule has 0 spiro atoms. The molecule has 0 saturated carbocycles. The standard InChI is InChI=1S/C16H26N2O4S2/c1-12-8-15(23(4,19)20)13(2)16(9-12)24(21,22)18-7-5-6-14(11-18)10-17-3/h8-9,14,17H,5-7,10-11H2,1-4H3/t14-/m1/s1. The zero-order valence-corrected chi connectivity index (χ0v) is 16.3. The predicted molar refractivity (Wildman–Crippen MR) is 94.4 cm³/mol. The lowest BCUT2D eigenvalue weighted by atomic mass is 10.00. The van der Waals surface area contributed by atoms with Crippen LogP contribution in [0.2, 0.25) is 0 Å². The van der Waals surface area contributed by atoms with Crippen molar-refractivity contribution in [2.75, 3.05) is 32.9 Å². The van der Waals surface area contributed by atoms with Crippen LogP contribution >= 0.6 is 0 Å². The summed E-state index contributed by atoms with van der Waals surface area (Å²) in [6, 6.07) is 3.10. The fraction of sp³-hybridized carbons (Fsp3) is 0.625. The molecule has 24 heavy (non-hydrogen) atoms. The van der Waals surface area contributed by atoms with Gasteiger partial charge in [0, 0.05) is 19.3 Å². The highest BCUT2D eigenvalue weighted by Gasteiger charge is 2.32. The first-order valence-electron chi connectivity index (χ1n) is 8.03. The Hall–Kier alpha value is -0.960. The van der Waals surface area contributed by atoms with E-state index in [1.807, 2.05) is 7.05 Å². The molecular weight excluding hydrogens is 348 g/mol. The van der Waals surface area contributed by atoms with Gasteiger partial charge in [-0.15, -0.1) is 0 Å². The van der Waals surface area contributed by atoms with Gasteiger partial charge in [-0.25, -0.2) is 16.8 Å². The Morgan fingerprint density at radius 3 is 2.38 bits per heavy atom. The number of rotatable bonds is 5. The van der Waals surface area contributed by atoms with Gasteiger partial charge >= 0.3 is 0 Å². The number of benzene rings is 1. The number of sulfone groups is 1. The summed E-state index contributed by atoms with van der Waals surface area (Å²) in [4.78, 5) is 0.192. The number of aryl methyl sites for hydroxylation is 1. The molecule has 0 unspecified atom stereocenters. The van der Waals surface area contributed by atoms with Crippen molar-refractivity contribution in [1.82, 2.24) is 9.62 Å². The molecule has 1 aromatic rings. The first kappa shape index (κ1) is 19.4. The van der Waals surface area contributed by atoms with Crippen molar-refractivity contribution in [3.8, 4) is 0 Å². The first-order chi connectivity index (χ1) is 11.1. The Balaban J connectivity index is 2.48. The van der Waals surface area contributed by atoms with Gasteiger partial charge in [-0.3, -0.25) is 0 Å². The largest absolute Gasteiger partial charge is 0.319 e. The maximum atomic E-state index is 13.1. The van der Waals surface area contributed by atoms with Crippen molar-refractivity contribution in [2.24, 2.45) is 5.92 Å². The number of nitrogens with one attached hydrogen (secondary N) is 1. The molecule has 1 aromatic carbocycles. The second kappa shape index (κ2) is 7.11. The Morgan fingerprint density at radius 1 is 1.17 bits per heavy atom. The predicted octanol–water partition coefficient (Wildman–Crippen LogP) is 1.33. The van der Waals surface area contributed by atoms with Gasteiger partial charge in [0.05, 0.1) is 9.79 Å². The quantitative estimate of drug-likeness (QED) is 0.841. The molecule has 1 N–H and O–H groups in total. The molecule has 1 aliphatic rings. The number of piperidine rings is 1. The molecule has 1 heterocycles. The molecular formula is C16H26N2O4S2. The average molecular weight is 375 g/mol. The van der Waals surface area contributed by atoms with Gasteiger partial charge in [0.1, 0.15) is 0 Å². The van der Waals surface area contributed by atoms with Gasteiger partial charge in [0.25, 0.3) is 0 Å². The molecule has 0 aliphatic carbocycles. The van der Waals surface area contributed by atoms with E-state index in [4.69, 9.17) is 0 Å². The maximum absolute atomic E-state index is 13.1. The fourth-order valence-electron chi connectivity index (χ4n) is 3.29. The molecule has 1 fully saturated rings. The van der Waals surface area contributed by atoms with Crippen molar-refractivity contribution in [1.29, 1.82) is 0 Å². The monoisotopic (exact) mass is 374 g/mol. The van der Waals surface area contributed by atoms with Gasteiger partial charge in [0.2, 0.25) is 10.0 Å². The van der Waals surface area contributed by atoms with Gasteiger partial charge < -0.3 is 5.32 Å². The summed E-state index contributed by atoms with van der Waals surface area (Å²) in [5.41, 5.74) is 0.933. The van der Waals surface area contributed by atoms with Crippen molar-refractivity contribution in [3.63, 3.8) is 0 Å². The zero-order valence-electron chi connectivity index (χ0n) is 14.7. The smallest absolute Gasteiger partial charge is 0.243 e. The zero-order chi connectivity index (χ0) is 18.1. The lowest BCUT2D eigenvalue weighted by Crippen LogP contribution is -2.42. The van der Waals surface area contributed by atoms with Gasteiger partial charge in [-0.05, 0) is 69.5 Å². The summed E-state index contributed by atoms with van der Waals surface area (Å²) in [5.74, 6) is 0.276. The van der Waals surface area contributed by atoms with Crippen molar-refractivity contribution in [2.45, 2.75) is 36.5 Å². The third-order valence-electron chi connectivity index (χ3n) is 4.45. The second-order valence-corrected chi connectivity index (χ2v) is 10.5. The molecule has 0 radical (unpaired) electrons. The van der Waals surface area contributed by atoms with E-state index >= 15 is 0 Å². The topological polar surface area (TPSA) is 83.6 Å². The molecule has 6 nitrogen and oxygen atoms in total. The van der Waals surface area contributed by atoms with Crippen LogP contribution in [0.25, 0.3) is 0 Å². The Morgan fingerprint density at radius 2 is 1.79 bits per heavy atom. The summed E-state index contributed by atoms with van der Waals surface area (Å²) >= 11 is 0. The molecule has 2 rings (SSSR count). The Kier molecular flexibility index (Phi) is 5.74. The fourth-order valence-corrected chi connectivity index (χ4v) is 6.30. The number of hydrogen-bond donors (Lipinski definition) is 1. The van der Waals surface area contributed by atoms with E-state index in [-0.39, 0.29) is 15.7 Å².